The Morgan fingerprint density at radius 2 is 2.06 bits per heavy atom. The number of rotatable bonds is 6. The summed E-state index contributed by atoms with van der Waals surface area (Å²) in [7, 11) is 1.91. The number of benzene rings is 1. The third-order valence-corrected chi connectivity index (χ3v) is 2.72. The number of anilines is 1. The van der Waals surface area contributed by atoms with Gasteiger partial charge in [-0.1, -0.05) is 0 Å². The smallest absolute Gasteiger partial charge is 0.125 e. The minimum absolute atomic E-state index is 0.217. The van der Waals surface area contributed by atoms with Gasteiger partial charge in [-0.2, -0.15) is 0 Å². The molecule has 0 spiro atoms. The molecule has 1 rings (SSSR count). The Morgan fingerprint density at radius 3 is 2.65 bits per heavy atom. The van der Waals surface area contributed by atoms with Crippen LogP contribution in [-0.2, 0) is 10.6 Å². The van der Waals surface area contributed by atoms with Gasteiger partial charge in [0.1, 0.15) is 5.82 Å². The van der Waals surface area contributed by atoms with Crippen molar-refractivity contribution in [3.05, 3.63) is 29.6 Å². The van der Waals surface area contributed by atoms with Gasteiger partial charge in [0.25, 0.3) is 0 Å². The maximum absolute atomic E-state index is 13.3. The number of halogens is 2. The van der Waals surface area contributed by atoms with Crippen molar-refractivity contribution >= 4 is 17.3 Å². The first-order valence-electron chi connectivity index (χ1n) is 5.71. The predicted octanol–water partition coefficient (Wildman–Crippen LogP) is 3.43. The van der Waals surface area contributed by atoms with Crippen LogP contribution in [0.25, 0.3) is 0 Å². The van der Waals surface area contributed by atoms with Gasteiger partial charge in [0.05, 0.1) is 12.7 Å². The summed E-state index contributed by atoms with van der Waals surface area (Å²) in [6, 6.07) is 4.85. The molecule has 0 unspecified atom stereocenters. The maximum atomic E-state index is 13.3. The van der Waals surface area contributed by atoms with Gasteiger partial charge in [-0.25, -0.2) is 4.39 Å². The first-order valence-corrected chi connectivity index (χ1v) is 6.24. The molecule has 4 heteroatoms. The van der Waals surface area contributed by atoms with E-state index >= 15 is 0 Å². The zero-order valence-electron chi connectivity index (χ0n) is 10.5. The second kappa shape index (κ2) is 6.82. The first-order chi connectivity index (χ1) is 8.02. The minimum Gasteiger partial charge on any atom is -0.377 e. The molecular weight excluding hydrogens is 241 g/mol. The van der Waals surface area contributed by atoms with Crippen LogP contribution in [0.15, 0.2) is 18.2 Å². The van der Waals surface area contributed by atoms with Crippen molar-refractivity contribution in [1.82, 2.24) is 0 Å². The highest BCUT2D eigenvalue weighted by molar-refractivity contribution is 6.17. The number of hydrogen-bond donors (Lipinski definition) is 0. The highest BCUT2D eigenvalue weighted by Gasteiger charge is 2.05. The second-order valence-corrected chi connectivity index (χ2v) is 4.56. The van der Waals surface area contributed by atoms with E-state index in [0.29, 0.717) is 12.5 Å². The van der Waals surface area contributed by atoms with Crippen LogP contribution in [0.4, 0.5) is 10.1 Å². The van der Waals surface area contributed by atoms with Crippen LogP contribution in [0.2, 0.25) is 0 Å². The van der Waals surface area contributed by atoms with Gasteiger partial charge >= 0.3 is 0 Å². The largest absolute Gasteiger partial charge is 0.377 e. The molecule has 0 aliphatic heterocycles. The molecule has 1 aromatic carbocycles. The van der Waals surface area contributed by atoms with E-state index in [1.54, 1.807) is 0 Å². The van der Waals surface area contributed by atoms with Crippen molar-refractivity contribution in [1.29, 1.82) is 0 Å². The van der Waals surface area contributed by atoms with Gasteiger partial charge in [-0.15, -0.1) is 11.6 Å². The molecule has 17 heavy (non-hydrogen) atoms. The van der Waals surface area contributed by atoms with Gasteiger partial charge in [0.15, 0.2) is 0 Å². The Kier molecular flexibility index (Phi) is 5.72. The SMILES string of the molecule is CC(C)OCCN(C)c1cc(F)cc(CCl)c1. The summed E-state index contributed by atoms with van der Waals surface area (Å²) in [4.78, 5) is 1.96. The zero-order valence-corrected chi connectivity index (χ0v) is 11.3. The topological polar surface area (TPSA) is 12.5 Å². The molecule has 0 aromatic heterocycles. The molecule has 0 saturated heterocycles. The molecule has 0 atom stereocenters. The Labute approximate surface area is 107 Å². The normalized spacial score (nSPS) is 10.9. The van der Waals surface area contributed by atoms with Crippen LogP contribution in [0.5, 0.6) is 0 Å². The van der Waals surface area contributed by atoms with E-state index < -0.39 is 0 Å². The third kappa shape index (κ3) is 4.92. The fraction of sp³-hybridized carbons (Fsp3) is 0.538. The quantitative estimate of drug-likeness (QED) is 0.726. The molecule has 0 bridgehead atoms. The summed E-state index contributed by atoms with van der Waals surface area (Å²) in [6.45, 7) is 5.34. The van der Waals surface area contributed by atoms with Crippen LogP contribution < -0.4 is 4.90 Å². The van der Waals surface area contributed by atoms with Crippen molar-refractivity contribution < 1.29 is 9.13 Å². The van der Waals surface area contributed by atoms with Crippen LogP contribution in [0, 0.1) is 5.82 Å². The minimum atomic E-state index is -0.255. The summed E-state index contributed by atoms with van der Waals surface area (Å²) in [5.41, 5.74) is 1.62. The highest BCUT2D eigenvalue weighted by atomic mass is 35.5. The Balaban J connectivity index is 2.61. The van der Waals surface area contributed by atoms with E-state index in [4.69, 9.17) is 16.3 Å². The van der Waals surface area contributed by atoms with Crippen molar-refractivity contribution in [3.8, 4) is 0 Å². The van der Waals surface area contributed by atoms with Crippen molar-refractivity contribution in [3.63, 3.8) is 0 Å². The van der Waals surface area contributed by atoms with E-state index in [-0.39, 0.29) is 11.9 Å². The molecule has 0 amide bonds. The average Bonchev–Trinajstić information content (AvgIpc) is 2.27. The molecule has 0 saturated carbocycles. The standard InChI is InChI=1S/C13H19ClFNO/c1-10(2)17-5-4-16(3)13-7-11(9-14)6-12(15)8-13/h6-8,10H,4-5,9H2,1-3H3. The number of likely N-dealkylation sites (N-methyl/N-ethyl adjacent to an activating group) is 1. The predicted molar refractivity (Wildman–Crippen MR) is 70.3 cm³/mol. The summed E-state index contributed by atoms with van der Waals surface area (Å²) in [6.07, 6.45) is 0.217. The van der Waals surface area contributed by atoms with E-state index in [9.17, 15) is 4.39 Å². The lowest BCUT2D eigenvalue weighted by Crippen LogP contribution is -2.24. The van der Waals surface area contributed by atoms with E-state index in [2.05, 4.69) is 0 Å². The van der Waals surface area contributed by atoms with Crippen molar-refractivity contribution in [2.45, 2.75) is 25.8 Å². The highest BCUT2D eigenvalue weighted by Crippen LogP contribution is 2.18. The van der Waals surface area contributed by atoms with Crippen molar-refractivity contribution in [2.24, 2.45) is 0 Å². The van der Waals surface area contributed by atoms with E-state index in [1.807, 2.05) is 31.9 Å². The van der Waals surface area contributed by atoms with E-state index in [1.165, 1.54) is 12.1 Å². The van der Waals surface area contributed by atoms with Crippen LogP contribution in [0.3, 0.4) is 0 Å². The Hall–Kier alpha value is -0.800. The molecule has 96 valence electrons. The third-order valence-electron chi connectivity index (χ3n) is 2.42. The molecule has 0 heterocycles. The second-order valence-electron chi connectivity index (χ2n) is 4.29. The summed E-state index contributed by atoms with van der Waals surface area (Å²) in [5.74, 6) is 0.0657. The molecule has 0 N–H and O–H groups in total. The zero-order chi connectivity index (χ0) is 12.8. The van der Waals surface area contributed by atoms with Crippen LogP contribution in [0.1, 0.15) is 19.4 Å². The lowest BCUT2D eigenvalue weighted by Gasteiger charge is -2.20. The lowest BCUT2D eigenvalue weighted by molar-refractivity contribution is 0.0846. The molecule has 2 nitrogen and oxygen atoms in total. The molecule has 0 fully saturated rings. The van der Waals surface area contributed by atoms with Gasteiger partial charge in [0, 0.05) is 25.2 Å². The van der Waals surface area contributed by atoms with Crippen molar-refractivity contribution in [2.75, 3.05) is 25.1 Å². The summed E-state index contributed by atoms with van der Waals surface area (Å²) >= 11 is 5.71. The number of ether oxygens (including phenoxy) is 1. The molecule has 0 radical (unpaired) electrons. The number of nitrogens with zero attached hydrogens (tertiary/aromatic N) is 1. The van der Waals surface area contributed by atoms with Gasteiger partial charge in [0.2, 0.25) is 0 Å². The van der Waals surface area contributed by atoms with Gasteiger partial charge < -0.3 is 9.64 Å². The summed E-state index contributed by atoms with van der Waals surface area (Å²) in [5, 5.41) is 0. The molecule has 0 aliphatic carbocycles. The summed E-state index contributed by atoms with van der Waals surface area (Å²) < 4.78 is 18.8. The lowest BCUT2D eigenvalue weighted by atomic mass is 10.2. The molecular formula is C13H19ClFNO. The van der Waals surface area contributed by atoms with Gasteiger partial charge in [-0.3, -0.25) is 0 Å². The Bertz CT molecular complexity index is 357. The fourth-order valence-corrected chi connectivity index (χ4v) is 1.64. The maximum Gasteiger partial charge on any atom is 0.125 e. The first kappa shape index (κ1) is 14.3. The monoisotopic (exact) mass is 259 g/mol. The average molecular weight is 260 g/mol. The van der Waals surface area contributed by atoms with E-state index in [0.717, 1.165) is 17.8 Å². The van der Waals surface area contributed by atoms with Crippen LogP contribution in [-0.4, -0.2) is 26.3 Å². The fourth-order valence-electron chi connectivity index (χ4n) is 1.49. The molecule has 1 aromatic rings. The van der Waals surface area contributed by atoms with Crippen LogP contribution >= 0.6 is 11.6 Å². The number of hydrogen-bond acceptors (Lipinski definition) is 2. The Morgan fingerprint density at radius 1 is 1.35 bits per heavy atom. The van der Waals surface area contributed by atoms with Gasteiger partial charge in [-0.05, 0) is 37.6 Å². The number of alkyl halides is 1. The molecule has 0 aliphatic rings.